The summed E-state index contributed by atoms with van der Waals surface area (Å²) in [6.45, 7) is 4.51. The summed E-state index contributed by atoms with van der Waals surface area (Å²) in [6, 6.07) is 23.0. The van der Waals surface area contributed by atoms with Crippen LogP contribution >= 0.6 is 11.3 Å². The Bertz CT molecular complexity index is 1230. The van der Waals surface area contributed by atoms with Gasteiger partial charge in [0.2, 0.25) is 0 Å². The Hall–Kier alpha value is -3.02. The number of fused-ring (bicyclic) bond motifs is 1. The van der Waals surface area contributed by atoms with Crippen LogP contribution in [-0.2, 0) is 19.5 Å². The predicted molar refractivity (Wildman–Crippen MR) is 123 cm³/mol. The second kappa shape index (κ2) is 8.01. The van der Waals surface area contributed by atoms with Crippen molar-refractivity contribution in [3.05, 3.63) is 98.8 Å². The van der Waals surface area contributed by atoms with Gasteiger partial charge >= 0.3 is 0 Å². The number of aryl methyl sites for hydroxylation is 1. The van der Waals surface area contributed by atoms with Gasteiger partial charge in [-0.15, -0.1) is 11.3 Å². The summed E-state index contributed by atoms with van der Waals surface area (Å²) >= 11 is 1.84. The Morgan fingerprint density at radius 1 is 1.00 bits per heavy atom. The Labute approximate surface area is 179 Å². The van der Waals surface area contributed by atoms with E-state index in [1.807, 2.05) is 41.7 Å². The Morgan fingerprint density at radius 2 is 1.80 bits per heavy atom. The van der Waals surface area contributed by atoms with E-state index in [1.165, 1.54) is 20.9 Å². The fraction of sp³-hybridized carbons (Fsp3) is 0.200. The second-order valence-corrected chi connectivity index (χ2v) is 8.97. The first kappa shape index (κ1) is 19.0. The van der Waals surface area contributed by atoms with Crippen LogP contribution in [0.5, 0.6) is 0 Å². The first-order chi connectivity index (χ1) is 14.7. The van der Waals surface area contributed by atoms with Gasteiger partial charge in [0.25, 0.3) is 5.56 Å². The van der Waals surface area contributed by atoms with Gasteiger partial charge in [0.05, 0.1) is 5.69 Å². The number of rotatable bonds is 4. The van der Waals surface area contributed by atoms with Gasteiger partial charge in [0.15, 0.2) is 0 Å². The van der Waals surface area contributed by atoms with E-state index in [-0.39, 0.29) is 5.56 Å². The molecule has 1 aliphatic heterocycles. The zero-order valence-electron chi connectivity index (χ0n) is 16.9. The van der Waals surface area contributed by atoms with Gasteiger partial charge in [-0.05, 0) is 31.0 Å². The molecule has 0 spiro atoms. The summed E-state index contributed by atoms with van der Waals surface area (Å²) in [7, 11) is 0. The molecule has 150 valence electrons. The maximum Gasteiger partial charge on any atom is 0.254 e. The SMILES string of the molecule is Cc1ccc(-c2nc3c(c(=O)[nH]2)CCN(Cc2ccc(-c4ccccc4)s2)C3)cc1. The van der Waals surface area contributed by atoms with Gasteiger partial charge in [-0.2, -0.15) is 0 Å². The molecule has 0 aliphatic carbocycles. The maximum atomic E-state index is 12.6. The highest BCUT2D eigenvalue weighted by Crippen LogP contribution is 2.29. The summed E-state index contributed by atoms with van der Waals surface area (Å²) in [4.78, 5) is 25.4. The van der Waals surface area contributed by atoms with Crippen LogP contribution in [0.2, 0.25) is 0 Å². The van der Waals surface area contributed by atoms with Crippen molar-refractivity contribution in [3.8, 4) is 21.8 Å². The molecule has 30 heavy (non-hydrogen) atoms. The third kappa shape index (κ3) is 3.86. The van der Waals surface area contributed by atoms with Crippen molar-refractivity contribution in [2.45, 2.75) is 26.4 Å². The molecular weight excluding hydrogens is 390 g/mol. The van der Waals surface area contributed by atoms with E-state index in [0.29, 0.717) is 12.4 Å². The maximum absolute atomic E-state index is 12.6. The number of nitrogens with zero attached hydrogens (tertiary/aromatic N) is 2. The van der Waals surface area contributed by atoms with Crippen LogP contribution in [0, 0.1) is 6.92 Å². The van der Waals surface area contributed by atoms with Crippen molar-refractivity contribution in [2.24, 2.45) is 0 Å². The molecule has 5 heteroatoms. The van der Waals surface area contributed by atoms with E-state index in [0.717, 1.165) is 36.3 Å². The number of nitrogens with one attached hydrogen (secondary N) is 1. The quantitative estimate of drug-likeness (QED) is 0.510. The van der Waals surface area contributed by atoms with Crippen molar-refractivity contribution in [1.29, 1.82) is 0 Å². The predicted octanol–water partition coefficient (Wildman–Crippen LogP) is 5.03. The van der Waals surface area contributed by atoms with Crippen LogP contribution in [0.25, 0.3) is 21.8 Å². The highest BCUT2D eigenvalue weighted by atomic mass is 32.1. The average Bonchev–Trinajstić information content (AvgIpc) is 3.23. The van der Waals surface area contributed by atoms with E-state index in [4.69, 9.17) is 4.98 Å². The minimum absolute atomic E-state index is 0.00212. The van der Waals surface area contributed by atoms with E-state index >= 15 is 0 Å². The standard InChI is InChI=1S/C25H23N3OS/c1-17-7-9-19(10-8-17)24-26-22-16-28(14-13-21(22)25(29)27-24)15-20-11-12-23(30-20)18-5-3-2-4-6-18/h2-12H,13-16H2,1H3,(H,26,27,29). The highest BCUT2D eigenvalue weighted by molar-refractivity contribution is 7.15. The lowest BCUT2D eigenvalue weighted by atomic mass is 10.1. The van der Waals surface area contributed by atoms with E-state index in [9.17, 15) is 4.79 Å². The molecule has 0 bridgehead atoms. The molecule has 0 saturated carbocycles. The minimum atomic E-state index is -0.00212. The van der Waals surface area contributed by atoms with Crippen LogP contribution in [0.4, 0.5) is 0 Å². The zero-order valence-corrected chi connectivity index (χ0v) is 17.7. The van der Waals surface area contributed by atoms with Crippen LogP contribution in [0.15, 0.2) is 71.5 Å². The first-order valence-corrected chi connectivity index (χ1v) is 11.0. The molecule has 2 aromatic heterocycles. The third-order valence-corrected chi connectivity index (χ3v) is 6.70. The lowest BCUT2D eigenvalue weighted by Crippen LogP contribution is -2.34. The number of benzene rings is 2. The lowest BCUT2D eigenvalue weighted by molar-refractivity contribution is 0.242. The molecule has 0 amide bonds. The van der Waals surface area contributed by atoms with Crippen molar-refractivity contribution < 1.29 is 0 Å². The molecule has 1 N–H and O–H groups in total. The molecule has 0 fully saturated rings. The largest absolute Gasteiger partial charge is 0.306 e. The molecule has 2 aromatic carbocycles. The van der Waals surface area contributed by atoms with Crippen molar-refractivity contribution >= 4 is 11.3 Å². The molecular formula is C25H23N3OS. The molecule has 5 rings (SSSR count). The normalized spacial score (nSPS) is 13.9. The minimum Gasteiger partial charge on any atom is -0.306 e. The number of H-pyrrole nitrogens is 1. The average molecular weight is 414 g/mol. The fourth-order valence-corrected chi connectivity index (χ4v) is 4.97. The van der Waals surface area contributed by atoms with Crippen molar-refractivity contribution in [1.82, 2.24) is 14.9 Å². The first-order valence-electron chi connectivity index (χ1n) is 10.2. The summed E-state index contributed by atoms with van der Waals surface area (Å²) in [5, 5.41) is 0. The van der Waals surface area contributed by atoms with Gasteiger partial charge in [-0.3, -0.25) is 9.69 Å². The summed E-state index contributed by atoms with van der Waals surface area (Å²) in [6.07, 6.45) is 0.739. The van der Waals surface area contributed by atoms with Gasteiger partial charge in [-0.1, -0.05) is 60.2 Å². The van der Waals surface area contributed by atoms with E-state index < -0.39 is 0 Å². The van der Waals surface area contributed by atoms with Crippen LogP contribution in [-0.4, -0.2) is 21.4 Å². The topological polar surface area (TPSA) is 49.0 Å². The molecule has 4 aromatic rings. The Morgan fingerprint density at radius 3 is 2.60 bits per heavy atom. The molecule has 0 unspecified atom stereocenters. The van der Waals surface area contributed by atoms with Gasteiger partial charge < -0.3 is 4.98 Å². The number of aromatic nitrogens is 2. The van der Waals surface area contributed by atoms with Crippen molar-refractivity contribution in [3.63, 3.8) is 0 Å². The molecule has 4 nitrogen and oxygen atoms in total. The van der Waals surface area contributed by atoms with E-state index in [2.05, 4.69) is 53.2 Å². The smallest absolute Gasteiger partial charge is 0.254 e. The Balaban J connectivity index is 1.36. The van der Waals surface area contributed by atoms with Crippen LogP contribution in [0.1, 0.15) is 21.7 Å². The zero-order chi connectivity index (χ0) is 20.5. The fourth-order valence-electron chi connectivity index (χ4n) is 3.92. The van der Waals surface area contributed by atoms with Gasteiger partial charge in [-0.25, -0.2) is 4.98 Å². The monoisotopic (exact) mass is 413 g/mol. The number of thiophene rings is 1. The van der Waals surface area contributed by atoms with Gasteiger partial charge in [0, 0.05) is 40.5 Å². The number of hydrogen-bond acceptors (Lipinski definition) is 4. The summed E-state index contributed by atoms with van der Waals surface area (Å²) in [5.41, 5.74) is 5.13. The molecule has 1 aliphatic rings. The number of aromatic amines is 1. The van der Waals surface area contributed by atoms with E-state index in [1.54, 1.807) is 0 Å². The molecule has 0 radical (unpaired) electrons. The second-order valence-electron chi connectivity index (χ2n) is 7.80. The highest BCUT2D eigenvalue weighted by Gasteiger charge is 2.22. The molecule has 3 heterocycles. The third-order valence-electron chi connectivity index (χ3n) is 5.58. The van der Waals surface area contributed by atoms with Crippen molar-refractivity contribution in [2.75, 3.05) is 6.54 Å². The molecule has 0 saturated heterocycles. The number of hydrogen-bond donors (Lipinski definition) is 1. The summed E-state index contributed by atoms with van der Waals surface area (Å²) in [5.74, 6) is 0.656. The summed E-state index contributed by atoms with van der Waals surface area (Å²) < 4.78 is 0. The van der Waals surface area contributed by atoms with Crippen LogP contribution < -0.4 is 5.56 Å². The lowest BCUT2D eigenvalue weighted by Gasteiger charge is -2.27. The van der Waals surface area contributed by atoms with Gasteiger partial charge in [0.1, 0.15) is 5.82 Å². The molecule has 0 atom stereocenters. The Kier molecular flexibility index (Phi) is 5.07. The van der Waals surface area contributed by atoms with Crippen LogP contribution in [0.3, 0.4) is 0 Å².